The van der Waals surface area contributed by atoms with Crippen LogP contribution in [0.25, 0.3) is 0 Å². The maximum Gasteiger partial charge on any atom is 0.240 e. The smallest absolute Gasteiger partial charge is 0.208 e. The third-order valence-corrected chi connectivity index (χ3v) is 6.07. The van der Waals surface area contributed by atoms with E-state index in [1.807, 2.05) is 0 Å². The van der Waals surface area contributed by atoms with Crippen molar-refractivity contribution in [1.82, 2.24) is 4.72 Å². The molecule has 2 unspecified atom stereocenters. The molecule has 0 radical (unpaired) electrons. The normalized spacial score (nSPS) is 24.4. The molecule has 2 rings (SSSR count). The molecule has 0 aromatic heterocycles. The predicted octanol–water partition coefficient (Wildman–Crippen LogP) is 3.57. The maximum absolute atomic E-state index is 12.2. The molecule has 0 spiro atoms. The molecule has 3 nitrogen and oxygen atoms in total. The fraction of sp³-hybridized carbons (Fsp3) is 0.500. The first-order valence-corrected chi connectivity index (χ1v) is 8.53. The van der Waals surface area contributed by atoms with Crippen molar-refractivity contribution in [2.45, 2.75) is 37.1 Å². The Kier molecular flexibility index (Phi) is 4.36. The minimum absolute atomic E-state index is 0.0458. The summed E-state index contributed by atoms with van der Waals surface area (Å²) in [6.45, 7) is 2.08. The average molecular weight is 353 g/mol. The van der Waals surface area contributed by atoms with E-state index in [1.165, 1.54) is 12.1 Å². The maximum atomic E-state index is 12.2. The van der Waals surface area contributed by atoms with Crippen LogP contribution in [0.2, 0.25) is 5.02 Å². The molecule has 100 valence electrons. The standard InChI is InChI=1S/C12H15BrClNO2S/c1-8-3-2-4-12(8)15-18(16,17)9-5-6-11(14)10(13)7-9/h5-8,12,15H,2-4H2,1H3. The van der Waals surface area contributed by atoms with E-state index >= 15 is 0 Å². The van der Waals surface area contributed by atoms with Crippen molar-refractivity contribution in [3.63, 3.8) is 0 Å². The molecule has 1 saturated carbocycles. The van der Waals surface area contributed by atoms with Gasteiger partial charge in [0.05, 0.1) is 9.92 Å². The van der Waals surface area contributed by atoms with Crippen LogP contribution < -0.4 is 4.72 Å². The Hall–Kier alpha value is -0.100. The minimum Gasteiger partial charge on any atom is -0.208 e. The first-order valence-electron chi connectivity index (χ1n) is 5.87. The van der Waals surface area contributed by atoms with E-state index in [-0.39, 0.29) is 10.9 Å². The zero-order chi connectivity index (χ0) is 13.3. The van der Waals surface area contributed by atoms with Crippen LogP contribution in [0, 0.1) is 5.92 Å². The van der Waals surface area contributed by atoms with Gasteiger partial charge in [0.25, 0.3) is 0 Å². The molecule has 18 heavy (non-hydrogen) atoms. The summed E-state index contributed by atoms with van der Waals surface area (Å²) in [5.74, 6) is 0.399. The average Bonchev–Trinajstić information content (AvgIpc) is 2.67. The van der Waals surface area contributed by atoms with Gasteiger partial charge in [0, 0.05) is 10.5 Å². The molecule has 1 aliphatic carbocycles. The van der Waals surface area contributed by atoms with Crippen LogP contribution in [0.4, 0.5) is 0 Å². The van der Waals surface area contributed by atoms with Gasteiger partial charge in [-0.15, -0.1) is 0 Å². The van der Waals surface area contributed by atoms with Gasteiger partial charge in [-0.3, -0.25) is 0 Å². The molecule has 0 heterocycles. The molecule has 1 aromatic rings. The summed E-state index contributed by atoms with van der Waals surface area (Å²) < 4.78 is 27.8. The monoisotopic (exact) mass is 351 g/mol. The van der Waals surface area contributed by atoms with Crippen molar-refractivity contribution in [2.24, 2.45) is 5.92 Å². The third-order valence-electron chi connectivity index (χ3n) is 3.37. The summed E-state index contributed by atoms with van der Waals surface area (Å²) in [5.41, 5.74) is 0. The van der Waals surface area contributed by atoms with Gasteiger partial charge in [0.1, 0.15) is 0 Å². The van der Waals surface area contributed by atoms with Gasteiger partial charge in [-0.2, -0.15) is 0 Å². The van der Waals surface area contributed by atoms with Crippen LogP contribution in [0.3, 0.4) is 0 Å². The highest BCUT2D eigenvalue weighted by molar-refractivity contribution is 9.10. The van der Waals surface area contributed by atoms with E-state index in [0.29, 0.717) is 15.4 Å². The lowest BCUT2D eigenvalue weighted by atomic mass is 10.1. The van der Waals surface area contributed by atoms with Crippen LogP contribution in [0.1, 0.15) is 26.2 Å². The minimum atomic E-state index is -3.45. The molecule has 6 heteroatoms. The summed E-state index contributed by atoms with van der Waals surface area (Å²) in [7, 11) is -3.45. The summed E-state index contributed by atoms with van der Waals surface area (Å²) in [6.07, 6.45) is 3.07. The number of hydrogen-bond donors (Lipinski definition) is 1. The van der Waals surface area contributed by atoms with E-state index in [2.05, 4.69) is 27.6 Å². The number of nitrogens with one attached hydrogen (secondary N) is 1. The number of benzene rings is 1. The Morgan fingerprint density at radius 3 is 2.67 bits per heavy atom. The summed E-state index contributed by atoms with van der Waals surface area (Å²) in [5, 5.41) is 0.503. The third kappa shape index (κ3) is 3.07. The molecule has 1 aromatic carbocycles. The fourth-order valence-electron chi connectivity index (χ4n) is 2.23. The van der Waals surface area contributed by atoms with Gasteiger partial charge in [-0.1, -0.05) is 24.9 Å². The largest absolute Gasteiger partial charge is 0.240 e. The van der Waals surface area contributed by atoms with Crippen LogP contribution in [-0.2, 0) is 10.0 Å². The Labute approximate surface area is 121 Å². The highest BCUT2D eigenvalue weighted by Crippen LogP contribution is 2.28. The number of hydrogen-bond acceptors (Lipinski definition) is 2. The van der Waals surface area contributed by atoms with E-state index in [1.54, 1.807) is 6.07 Å². The lowest BCUT2D eigenvalue weighted by molar-refractivity contribution is 0.476. The van der Waals surface area contributed by atoms with Crippen molar-refractivity contribution in [3.05, 3.63) is 27.7 Å². The summed E-state index contributed by atoms with van der Waals surface area (Å²) in [4.78, 5) is 0.248. The Morgan fingerprint density at radius 1 is 1.39 bits per heavy atom. The highest BCUT2D eigenvalue weighted by atomic mass is 79.9. The van der Waals surface area contributed by atoms with Crippen LogP contribution >= 0.6 is 27.5 Å². The second-order valence-electron chi connectivity index (χ2n) is 4.71. The zero-order valence-electron chi connectivity index (χ0n) is 9.99. The van der Waals surface area contributed by atoms with Gasteiger partial charge in [-0.25, -0.2) is 13.1 Å². The van der Waals surface area contributed by atoms with Crippen LogP contribution in [0.15, 0.2) is 27.6 Å². The van der Waals surface area contributed by atoms with Gasteiger partial charge < -0.3 is 0 Å². The van der Waals surface area contributed by atoms with Gasteiger partial charge in [0.15, 0.2) is 0 Å². The van der Waals surface area contributed by atoms with Crippen LogP contribution in [-0.4, -0.2) is 14.5 Å². The van der Waals surface area contributed by atoms with Gasteiger partial charge >= 0.3 is 0 Å². The van der Waals surface area contributed by atoms with E-state index in [0.717, 1.165) is 19.3 Å². The fourth-order valence-corrected chi connectivity index (χ4v) is 4.28. The molecule has 1 N–H and O–H groups in total. The molecule has 0 bridgehead atoms. The molecule has 0 aliphatic heterocycles. The lowest BCUT2D eigenvalue weighted by Gasteiger charge is -2.17. The quantitative estimate of drug-likeness (QED) is 0.904. The Bertz CT molecular complexity index is 547. The predicted molar refractivity (Wildman–Crippen MR) is 76.3 cm³/mol. The molecular formula is C12H15BrClNO2S. The topological polar surface area (TPSA) is 46.2 Å². The molecular weight excluding hydrogens is 338 g/mol. The number of halogens is 2. The van der Waals surface area contributed by atoms with Crippen molar-refractivity contribution < 1.29 is 8.42 Å². The van der Waals surface area contributed by atoms with Crippen molar-refractivity contribution in [3.8, 4) is 0 Å². The number of rotatable bonds is 3. The lowest BCUT2D eigenvalue weighted by Crippen LogP contribution is -2.36. The van der Waals surface area contributed by atoms with E-state index < -0.39 is 10.0 Å². The Balaban J connectivity index is 2.22. The van der Waals surface area contributed by atoms with Crippen molar-refractivity contribution in [1.29, 1.82) is 0 Å². The van der Waals surface area contributed by atoms with Gasteiger partial charge in [-0.05, 0) is 52.9 Å². The first-order chi connectivity index (χ1) is 8.40. The molecule has 1 fully saturated rings. The van der Waals surface area contributed by atoms with Gasteiger partial charge in [0.2, 0.25) is 10.0 Å². The van der Waals surface area contributed by atoms with Crippen molar-refractivity contribution >= 4 is 37.6 Å². The summed E-state index contributed by atoms with van der Waals surface area (Å²) >= 11 is 9.10. The molecule has 0 saturated heterocycles. The summed E-state index contributed by atoms with van der Waals surface area (Å²) in [6, 6.07) is 4.68. The second kappa shape index (κ2) is 5.49. The Morgan fingerprint density at radius 2 is 2.11 bits per heavy atom. The molecule has 0 amide bonds. The van der Waals surface area contributed by atoms with Crippen LogP contribution in [0.5, 0.6) is 0 Å². The molecule has 2 atom stereocenters. The highest BCUT2D eigenvalue weighted by Gasteiger charge is 2.28. The van der Waals surface area contributed by atoms with E-state index in [4.69, 9.17) is 11.6 Å². The van der Waals surface area contributed by atoms with Crippen molar-refractivity contribution in [2.75, 3.05) is 0 Å². The first kappa shape index (κ1) is 14.3. The second-order valence-corrected chi connectivity index (χ2v) is 7.69. The van der Waals surface area contributed by atoms with E-state index in [9.17, 15) is 8.42 Å². The number of sulfonamides is 1. The SMILES string of the molecule is CC1CCCC1NS(=O)(=O)c1ccc(Cl)c(Br)c1. The molecule has 1 aliphatic rings. The zero-order valence-corrected chi connectivity index (χ0v) is 13.1.